The molecule has 0 fully saturated rings. The molecule has 1 radical (unpaired) electrons. The fourth-order valence-corrected chi connectivity index (χ4v) is 0. The summed E-state index contributed by atoms with van der Waals surface area (Å²) in [6.45, 7) is 0. The van der Waals surface area contributed by atoms with Crippen LogP contribution in [0.3, 0.4) is 0 Å². The van der Waals surface area contributed by atoms with Crippen LogP contribution in [0.2, 0.25) is 0 Å². The van der Waals surface area contributed by atoms with E-state index in [0.29, 0.717) is 0 Å². The molecule has 0 aromatic carbocycles. The Balaban J connectivity index is -0.000000000833. The van der Waals surface area contributed by atoms with Crippen molar-refractivity contribution in [2.24, 2.45) is 0 Å². The maximum atomic E-state index is 8.06. The van der Waals surface area contributed by atoms with E-state index in [0.717, 1.165) is 0 Å². The van der Waals surface area contributed by atoms with Gasteiger partial charge in [-0.15, -0.1) is 0 Å². The van der Waals surface area contributed by atoms with Crippen molar-refractivity contribution in [3.63, 3.8) is 0 Å². The SMILES string of the molecule is [H-].[Li+].[Mn].[Ni].[O]=[Mn]. The van der Waals surface area contributed by atoms with E-state index in [2.05, 4.69) is 0 Å². The first-order valence-corrected chi connectivity index (χ1v) is 0.636. The fourth-order valence-electron chi connectivity index (χ4n) is 0. The van der Waals surface area contributed by atoms with Crippen molar-refractivity contribution in [2.45, 2.75) is 0 Å². The van der Waals surface area contributed by atoms with Gasteiger partial charge in [-0.05, 0) is 0 Å². The molecule has 0 aromatic heterocycles. The van der Waals surface area contributed by atoms with E-state index in [9.17, 15) is 0 Å². The Bertz CT molecular complexity index is 13.5. The summed E-state index contributed by atoms with van der Waals surface area (Å²) in [6, 6.07) is 0. The Labute approximate surface area is 73.1 Å². The first kappa shape index (κ1) is 28.4. The molecule has 0 spiro atoms. The quantitative estimate of drug-likeness (QED) is 0.374. The van der Waals surface area contributed by atoms with Gasteiger partial charge < -0.3 is 1.43 Å². The van der Waals surface area contributed by atoms with Gasteiger partial charge in [-0.25, -0.2) is 0 Å². The van der Waals surface area contributed by atoms with E-state index >= 15 is 0 Å². The molecule has 0 bridgehead atoms. The molecule has 0 heterocycles. The second kappa shape index (κ2) is 38.7. The molecule has 0 unspecified atom stereocenters. The zero-order valence-electron chi connectivity index (χ0n) is 3.48. The molecule has 0 saturated carbocycles. The van der Waals surface area contributed by atoms with E-state index in [-0.39, 0.29) is 53.8 Å². The predicted molar refractivity (Wildman–Crippen MR) is 1.80 cm³/mol. The summed E-state index contributed by atoms with van der Waals surface area (Å²) < 4.78 is 8.06. The van der Waals surface area contributed by atoms with E-state index in [1.165, 1.54) is 0 Å². The van der Waals surface area contributed by atoms with Crippen molar-refractivity contribution in [2.75, 3.05) is 0 Å². The third-order valence-electron chi connectivity index (χ3n) is 0. The molecule has 5 heavy (non-hydrogen) atoms. The van der Waals surface area contributed by atoms with E-state index in [1.807, 2.05) is 0 Å². The summed E-state index contributed by atoms with van der Waals surface area (Å²) in [5.74, 6) is 0. The summed E-state index contributed by atoms with van der Waals surface area (Å²) in [5.41, 5.74) is 0. The van der Waals surface area contributed by atoms with Crippen LogP contribution in [-0.4, -0.2) is 0 Å². The molecule has 0 aromatic rings. The van der Waals surface area contributed by atoms with Crippen molar-refractivity contribution < 1.29 is 73.6 Å². The van der Waals surface area contributed by atoms with Crippen LogP contribution in [0.4, 0.5) is 0 Å². The van der Waals surface area contributed by atoms with Crippen LogP contribution in [0.1, 0.15) is 1.43 Å². The summed E-state index contributed by atoms with van der Waals surface area (Å²) >= 11 is 1.69. The first-order chi connectivity index (χ1) is 1.00. The third kappa shape index (κ3) is 24.6. The van der Waals surface area contributed by atoms with Crippen LogP contribution in [-0.2, 0) is 53.3 Å². The van der Waals surface area contributed by atoms with Gasteiger partial charge in [0.1, 0.15) is 0 Å². The minimum atomic E-state index is 0. The van der Waals surface area contributed by atoms with Crippen LogP contribution in [0.5, 0.6) is 0 Å². The van der Waals surface area contributed by atoms with Crippen molar-refractivity contribution in [1.29, 1.82) is 0 Å². The van der Waals surface area contributed by atoms with Gasteiger partial charge in [-0.2, -0.15) is 0 Å². The molecule has 0 aliphatic carbocycles. The number of hydrogen-bond donors (Lipinski definition) is 0. The van der Waals surface area contributed by atoms with Gasteiger partial charge in [0.25, 0.3) is 0 Å². The zero-order chi connectivity index (χ0) is 2.00. The molecule has 5 heteroatoms. The van der Waals surface area contributed by atoms with Crippen molar-refractivity contribution in [3.05, 3.63) is 0 Å². The second-order valence-electron chi connectivity index (χ2n) is 0. The topological polar surface area (TPSA) is 17.1 Å². The Morgan fingerprint density at radius 1 is 1.40 bits per heavy atom. The summed E-state index contributed by atoms with van der Waals surface area (Å²) in [4.78, 5) is 0. The molecule has 0 aliphatic rings. The van der Waals surface area contributed by atoms with Crippen LogP contribution in [0.15, 0.2) is 0 Å². The van der Waals surface area contributed by atoms with Gasteiger partial charge in [0, 0.05) is 33.6 Å². The molecule has 0 saturated heterocycles. The van der Waals surface area contributed by atoms with Gasteiger partial charge in [0.05, 0.1) is 0 Å². The summed E-state index contributed by atoms with van der Waals surface area (Å²) in [7, 11) is 0. The molecule has 0 atom stereocenters. The first-order valence-electron chi connectivity index (χ1n) is 0.154. The number of hydrogen-bond acceptors (Lipinski definition) is 1. The van der Waals surface area contributed by atoms with E-state index in [1.54, 1.807) is 15.9 Å². The van der Waals surface area contributed by atoms with Crippen LogP contribution in [0.25, 0.3) is 0 Å². The zero-order valence-corrected chi connectivity index (χ0v) is 5.83. The predicted octanol–water partition coefficient (Wildman–Crippen LogP) is -3.01. The summed E-state index contributed by atoms with van der Waals surface area (Å²) in [6.07, 6.45) is 0. The molecule has 0 amide bonds. The Hall–Kier alpha value is 1.93. The minimum absolute atomic E-state index is 0. The van der Waals surface area contributed by atoms with Crippen LogP contribution >= 0.6 is 0 Å². The Morgan fingerprint density at radius 2 is 1.40 bits per heavy atom. The maximum absolute atomic E-state index is 8.06. The third-order valence-corrected chi connectivity index (χ3v) is 0. The van der Waals surface area contributed by atoms with E-state index in [4.69, 9.17) is 3.83 Å². The van der Waals surface area contributed by atoms with Crippen molar-refractivity contribution in [1.82, 2.24) is 0 Å². The molecule has 0 rings (SSSR count). The monoisotopic (exact) mass is 192 g/mol. The normalized spacial score (nSPS) is 0.800. The van der Waals surface area contributed by atoms with E-state index < -0.39 is 0 Å². The molecule has 1 nitrogen and oxygen atoms in total. The number of rotatable bonds is 0. The van der Waals surface area contributed by atoms with Crippen LogP contribution < -0.4 is 18.9 Å². The van der Waals surface area contributed by atoms with Gasteiger partial charge >= 0.3 is 38.6 Å². The molecule has 0 N–H and O–H groups in total. The van der Waals surface area contributed by atoms with Gasteiger partial charge in [0.15, 0.2) is 0 Å². The molecular weight excluding hydrogens is 192 g/mol. The Kier molecular flexibility index (Phi) is 220. The molecule has 32 valence electrons. The van der Waals surface area contributed by atoms with Crippen molar-refractivity contribution in [3.8, 4) is 0 Å². The van der Waals surface area contributed by atoms with Gasteiger partial charge in [-0.3, -0.25) is 0 Å². The average Bonchev–Trinajstić information content (AvgIpc) is 1.00. The average molecular weight is 193 g/mol. The Morgan fingerprint density at radius 3 is 1.40 bits per heavy atom. The standard InChI is InChI=1S/Li.2Mn.Ni.O.H/q+1;;;;;-1. The van der Waals surface area contributed by atoms with Crippen LogP contribution in [0, 0.1) is 0 Å². The second-order valence-corrected chi connectivity index (χ2v) is 0. The molecular formula is HLiMn2NiO. The fraction of sp³-hybridized carbons (Fsp3) is 0. The molecule has 0 aliphatic heterocycles. The van der Waals surface area contributed by atoms with Gasteiger partial charge in [0.2, 0.25) is 0 Å². The summed E-state index contributed by atoms with van der Waals surface area (Å²) in [5, 5.41) is 0. The van der Waals surface area contributed by atoms with Gasteiger partial charge in [-0.1, -0.05) is 0 Å². The van der Waals surface area contributed by atoms with Crippen molar-refractivity contribution >= 4 is 0 Å².